The van der Waals surface area contributed by atoms with E-state index in [-0.39, 0.29) is 16.8 Å². The average Bonchev–Trinajstić information content (AvgIpc) is 2.77. The van der Waals surface area contributed by atoms with Gasteiger partial charge in [0.1, 0.15) is 0 Å². The molecule has 0 aliphatic rings. The molecule has 1 N–H and O–H groups in total. The van der Waals surface area contributed by atoms with Gasteiger partial charge in [-0.1, -0.05) is 55.0 Å². The Kier molecular flexibility index (Phi) is 6.81. The summed E-state index contributed by atoms with van der Waals surface area (Å²) in [4.78, 5) is 13.0. The lowest BCUT2D eigenvalue weighted by Gasteiger charge is -2.21. The van der Waals surface area contributed by atoms with Crippen LogP contribution in [0.2, 0.25) is 0 Å². The van der Waals surface area contributed by atoms with E-state index in [2.05, 4.69) is 5.32 Å². The monoisotopic (exact) mass is 436 g/mol. The number of anilines is 1. The Balaban J connectivity index is 1.84. The molecular formula is C25H28N2O3S. The van der Waals surface area contributed by atoms with Gasteiger partial charge in [-0.05, 0) is 61.7 Å². The summed E-state index contributed by atoms with van der Waals surface area (Å²) in [5.41, 5.74) is 4.02. The molecule has 0 spiro atoms. The van der Waals surface area contributed by atoms with Crippen LogP contribution in [-0.2, 0) is 10.0 Å². The summed E-state index contributed by atoms with van der Waals surface area (Å²) in [5, 5.41) is 3.02. The third kappa shape index (κ3) is 5.14. The summed E-state index contributed by atoms with van der Waals surface area (Å²) < 4.78 is 27.5. The van der Waals surface area contributed by atoms with Crippen LogP contribution in [0.5, 0.6) is 0 Å². The maximum Gasteiger partial charge on any atom is 0.264 e. The van der Waals surface area contributed by atoms with Crippen LogP contribution in [0.3, 0.4) is 0 Å². The molecular weight excluding hydrogens is 408 g/mol. The third-order valence-corrected chi connectivity index (χ3v) is 7.09. The molecule has 6 heteroatoms. The highest BCUT2D eigenvalue weighted by molar-refractivity contribution is 7.92. The minimum absolute atomic E-state index is 0.0764. The molecule has 0 aliphatic heterocycles. The topological polar surface area (TPSA) is 66.5 Å². The van der Waals surface area contributed by atoms with Crippen molar-refractivity contribution in [1.29, 1.82) is 0 Å². The lowest BCUT2D eigenvalue weighted by Crippen LogP contribution is -2.29. The second-order valence-electron chi connectivity index (χ2n) is 7.68. The van der Waals surface area contributed by atoms with E-state index >= 15 is 0 Å². The maximum absolute atomic E-state index is 13.1. The van der Waals surface area contributed by atoms with E-state index in [9.17, 15) is 13.2 Å². The highest BCUT2D eigenvalue weighted by atomic mass is 32.2. The number of sulfonamides is 1. The second kappa shape index (κ2) is 9.35. The standard InChI is InChI=1S/C25H28N2O3S/c1-5-24(20-14-12-18(2)13-15-20)26-25(28)21-9-7-11-23(17-21)31(29,30)27(4)22-10-6-8-19(3)16-22/h6-17,24H,5H2,1-4H3,(H,26,28)/t24-/m0/s1. The summed E-state index contributed by atoms with van der Waals surface area (Å²) in [6.07, 6.45) is 0.725. The predicted molar refractivity (Wildman–Crippen MR) is 125 cm³/mol. The first-order valence-electron chi connectivity index (χ1n) is 10.3. The number of nitrogens with one attached hydrogen (secondary N) is 1. The zero-order chi connectivity index (χ0) is 22.6. The van der Waals surface area contributed by atoms with Gasteiger partial charge in [0.15, 0.2) is 0 Å². The van der Waals surface area contributed by atoms with Crippen LogP contribution in [-0.4, -0.2) is 21.4 Å². The summed E-state index contributed by atoms with van der Waals surface area (Å²) >= 11 is 0. The first-order valence-corrected chi connectivity index (χ1v) is 11.7. The molecule has 0 bridgehead atoms. The number of carbonyl (C=O) groups excluding carboxylic acids is 1. The fraction of sp³-hybridized carbons (Fsp3) is 0.240. The number of nitrogens with zero attached hydrogens (tertiary/aromatic N) is 1. The number of benzene rings is 3. The molecule has 0 aliphatic carbocycles. The Hall–Kier alpha value is -3.12. The minimum Gasteiger partial charge on any atom is -0.345 e. The van der Waals surface area contributed by atoms with Crippen LogP contribution in [0, 0.1) is 13.8 Å². The van der Waals surface area contributed by atoms with E-state index in [1.807, 2.05) is 63.2 Å². The molecule has 0 heterocycles. The van der Waals surface area contributed by atoms with E-state index in [1.54, 1.807) is 18.2 Å². The zero-order valence-corrected chi connectivity index (χ0v) is 19.1. The molecule has 0 saturated heterocycles. The van der Waals surface area contributed by atoms with E-state index in [0.717, 1.165) is 23.1 Å². The molecule has 1 amide bonds. The minimum atomic E-state index is -3.80. The Morgan fingerprint density at radius 1 is 0.935 bits per heavy atom. The van der Waals surface area contributed by atoms with Crippen LogP contribution in [0.15, 0.2) is 77.7 Å². The molecule has 31 heavy (non-hydrogen) atoms. The molecule has 0 radical (unpaired) electrons. The van der Waals surface area contributed by atoms with Crippen LogP contribution in [0.1, 0.15) is 46.4 Å². The van der Waals surface area contributed by atoms with Gasteiger partial charge in [0.2, 0.25) is 0 Å². The third-order valence-electron chi connectivity index (χ3n) is 5.31. The normalized spacial score (nSPS) is 12.3. The SMILES string of the molecule is CC[C@H](NC(=O)c1cccc(S(=O)(=O)N(C)c2cccc(C)c2)c1)c1ccc(C)cc1. The molecule has 5 nitrogen and oxygen atoms in total. The van der Waals surface area contributed by atoms with Crippen LogP contribution in [0.25, 0.3) is 0 Å². The Labute approximate surface area is 184 Å². The largest absolute Gasteiger partial charge is 0.345 e. The number of amides is 1. The molecule has 162 valence electrons. The van der Waals surface area contributed by atoms with Gasteiger partial charge >= 0.3 is 0 Å². The van der Waals surface area contributed by atoms with Crippen molar-refractivity contribution >= 4 is 21.6 Å². The lowest BCUT2D eigenvalue weighted by molar-refractivity contribution is 0.0935. The molecule has 0 unspecified atom stereocenters. The second-order valence-corrected chi connectivity index (χ2v) is 9.65. The van der Waals surface area contributed by atoms with Crippen molar-refractivity contribution in [2.75, 3.05) is 11.4 Å². The van der Waals surface area contributed by atoms with Crippen molar-refractivity contribution in [1.82, 2.24) is 5.32 Å². The van der Waals surface area contributed by atoms with Crippen molar-refractivity contribution in [3.63, 3.8) is 0 Å². The smallest absolute Gasteiger partial charge is 0.264 e. The fourth-order valence-corrected chi connectivity index (χ4v) is 4.61. The molecule has 0 saturated carbocycles. The molecule has 3 aromatic rings. The van der Waals surface area contributed by atoms with Gasteiger partial charge < -0.3 is 5.32 Å². The van der Waals surface area contributed by atoms with Crippen molar-refractivity contribution in [2.45, 2.75) is 38.1 Å². The molecule has 1 atom stereocenters. The van der Waals surface area contributed by atoms with Crippen LogP contribution in [0.4, 0.5) is 5.69 Å². The zero-order valence-electron chi connectivity index (χ0n) is 18.3. The van der Waals surface area contributed by atoms with Crippen molar-refractivity contribution in [3.05, 3.63) is 95.1 Å². The van der Waals surface area contributed by atoms with Gasteiger partial charge in [-0.15, -0.1) is 0 Å². The lowest BCUT2D eigenvalue weighted by atomic mass is 10.0. The van der Waals surface area contributed by atoms with E-state index < -0.39 is 10.0 Å². The van der Waals surface area contributed by atoms with Gasteiger partial charge in [-0.3, -0.25) is 9.10 Å². The van der Waals surface area contributed by atoms with E-state index in [1.165, 1.54) is 23.5 Å². The summed E-state index contributed by atoms with van der Waals surface area (Å²) in [6, 6.07) is 21.3. The first kappa shape index (κ1) is 22.6. The van der Waals surface area contributed by atoms with E-state index in [0.29, 0.717) is 11.3 Å². The number of carbonyl (C=O) groups is 1. The first-order chi connectivity index (χ1) is 14.7. The number of hydrogen-bond donors (Lipinski definition) is 1. The quantitative estimate of drug-likeness (QED) is 0.566. The van der Waals surface area contributed by atoms with Crippen molar-refractivity contribution in [3.8, 4) is 0 Å². The van der Waals surface area contributed by atoms with Crippen molar-refractivity contribution < 1.29 is 13.2 Å². The van der Waals surface area contributed by atoms with Crippen LogP contribution < -0.4 is 9.62 Å². The fourth-order valence-electron chi connectivity index (χ4n) is 3.38. The van der Waals surface area contributed by atoms with Gasteiger partial charge in [0.05, 0.1) is 16.6 Å². The van der Waals surface area contributed by atoms with Gasteiger partial charge in [0, 0.05) is 12.6 Å². The average molecular weight is 437 g/mol. The molecule has 0 fully saturated rings. The predicted octanol–water partition coefficient (Wildman–Crippen LogP) is 5.01. The molecule has 0 aromatic heterocycles. The molecule has 3 rings (SSSR count). The molecule has 3 aromatic carbocycles. The Bertz CT molecular complexity index is 1170. The highest BCUT2D eigenvalue weighted by Crippen LogP contribution is 2.24. The number of rotatable bonds is 7. The Morgan fingerprint density at radius 3 is 2.26 bits per heavy atom. The number of hydrogen-bond acceptors (Lipinski definition) is 3. The Morgan fingerprint density at radius 2 is 1.61 bits per heavy atom. The van der Waals surface area contributed by atoms with Crippen molar-refractivity contribution in [2.24, 2.45) is 0 Å². The van der Waals surface area contributed by atoms with Gasteiger partial charge in [0.25, 0.3) is 15.9 Å². The van der Waals surface area contributed by atoms with Gasteiger partial charge in [-0.2, -0.15) is 0 Å². The maximum atomic E-state index is 13.1. The van der Waals surface area contributed by atoms with Crippen LogP contribution >= 0.6 is 0 Å². The summed E-state index contributed by atoms with van der Waals surface area (Å²) in [6.45, 7) is 5.93. The summed E-state index contributed by atoms with van der Waals surface area (Å²) in [5.74, 6) is -0.303. The number of aryl methyl sites for hydroxylation is 2. The summed E-state index contributed by atoms with van der Waals surface area (Å²) in [7, 11) is -2.29. The van der Waals surface area contributed by atoms with Gasteiger partial charge in [-0.25, -0.2) is 8.42 Å². The van der Waals surface area contributed by atoms with E-state index in [4.69, 9.17) is 0 Å². The highest BCUT2D eigenvalue weighted by Gasteiger charge is 2.23.